The Labute approximate surface area is 216 Å². The van der Waals surface area contributed by atoms with Gasteiger partial charge in [0.2, 0.25) is 0 Å². The molecule has 9 heteroatoms. The number of anilines is 1. The minimum atomic E-state index is -0.472. The van der Waals surface area contributed by atoms with Crippen molar-refractivity contribution in [1.82, 2.24) is 9.97 Å². The zero-order valence-corrected chi connectivity index (χ0v) is 21.0. The summed E-state index contributed by atoms with van der Waals surface area (Å²) in [6.45, 7) is 0.599. The molecule has 4 aromatic rings. The summed E-state index contributed by atoms with van der Waals surface area (Å²) in [5.74, 6) is 1.20. The van der Waals surface area contributed by atoms with Gasteiger partial charge in [-0.15, -0.1) is 0 Å². The first-order chi connectivity index (χ1) is 17.0. The van der Waals surface area contributed by atoms with Gasteiger partial charge < -0.3 is 15.0 Å². The molecule has 0 aliphatic rings. The summed E-state index contributed by atoms with van der Waals surface area (Å²) in [5, 5.41) is 14.4. The number of methoxy groups -OCH3 is 1. The number of rotatable bonds is 8. The highest BCUT2D eigenvalue weighted by Gasteiger charge is 2.14. The summed E-state index contributed by atoms with van der Waals surface area (Å²) in [6, 6.07) is 22.6. The van der Waals surface area contributed by atoms with Crippen molar-refractivity contribution >= 4 is 40.7 Å². The average molecular weight is 523 g/mol. The topological polar surface area (TPSA) is 90.8 Å². The van der Waals surface area contributed by atoms with Crippen molar-refractivity contribution < 1.29 is 4.74 Å². The van der Waals surface area contributed by atoms with Gasteiger partial charge in [0.15, 0.2) is 5.16 Å². The minimum Gasteiger partial charge on any atom is -0.497 e. The van der Waals surface area contributed by atoms with Gasteiger partial charge in [-0.25, -0.2) is 4.98 Å². The lowest BCUT2D eigenvalue weighted by Gasteiger charge is -2.10. The van der Waals surface area contributed by atoms with Crippen LogP contribution in [0.3, 0.4) is 0 Å². The molecule has 1 heterocycles. The van der Waals surface area contributed by atoms with Crippen LogP contribution in [-0.4, -0.2) is 17.1 Å². The van der Waals surface area contributed by atoms with Crippen LogP contribution in [0, 0.1) is 11.3 Å². The zero-order chi connectivity index (χ0) is 24.8. The predicted molar refractivity (Wildman–Crippen MR) is 141 cm³/mol. The van der Waals surface area contributed by atoms with Gasteiger partial charge in [-0.2, -0.15) is 5.26 Å². The third kappa shape index (κ3) is 6.17. The van der Waals surface area contributed by atoms with Gasteiger partial charge >= 0.3 is 0 Å². The quantitative estimate of drug-likeness (QED) is 0.202. The number of aromatic nitrogens is 2. The second kappa shape index (κ2) is 11.3. The second-order valence-corrected chi connectivity index (χ2v) is 9.31. The Hall–Kier alpha value is -3.44. The highest BCUT2D eigenvalue weighted by Crippen LogP contribution is 2.27. The fourth-order valence-electron chi connectivity index (χ4n) is 3.38. The molecule has 4 rings (SSSR count). The van der Waals surface area contributed by atoms with Gasteiger partial charge in [0, 0.05) is 23.5 Å². The monoisotopic (exact) mass is 522 g/mol. The standard InChI is InChI=1S/C26H20Cl2N4O2S/c1-34-20-7-3-5-18(12-20)24-21(13-29)25(33)32-26(31-24)35-15-17-4-2-6-19(10-17)30-14-16-8-9-22(27)23(28)11-16/h2-12,30H,14-15H2,1H3,(H,31,32,33). The molecule has 0 saturated carbocycles. The largest absolute Gasteiger partial charge is 0.497 e. The molecule has 0 atom stereocenters. The van der Waals surface area contributed by atoms with E-state index >= 15 is 0 Å². The molecule has 35 heavy (non-hydrogen) atoms. The van der Waals surface area contributed by atoms with Gasteiger partial charge in [0.25, 0.3) is 5.56 Å². The normalized spacial score (nSPS) is 10.6. The highest BCUT2D eigenvalue weighted by molar-refractivity contribution is 7.98. The molecular formula is C26H20Cl2N4O2S. The van der Waals surface area contributed by atoms with E-state index in [1.54, 1.807) is 37.4 Å². The van der Waals surface area contributed by atoms with E-state index in [9.17, 15) is 10.1 Å². The van der Waals surface area contributed by atoms with Crippen LogP contribution in [0.5, 0.6) is 5.75 Å². The van der Waals surface area contributed by atoms with E-state index in [2.05, 4.69) is 15.3 Å². The Morgan fingerprint density at radius 1 is 1.06 bits per heavy atom. The van der Waals surface area contributed by atoms with Crippen molar-refractivity contribution in [3.05, 3.63) is 104 Å². The molecule has 0 amide bonds. The molecule has 176 valence electrons. The molecule has 0 aliphatic carbocycles. The second-order valence-electron chi connectivity index (χ2n) is 7.53. The maximum Gasteiger partial charge on any atom is 0.270 e. The van der Waals surface area contributed by atoms with Crippen LogP contribution in [0.1, 0.15) is 16.7 Å². The first-order valence-electron chi connectivity index (χ1n) is 10.5. The maximum absolute atomic E-state index is 12.6. The van der Waals surface area contributed by atoms with Gasteiger partial charge in [0.1, 0.15) is 17.4 Å². The van der Waals surface area contributed by atoms with Crippen LogP contribution in [0.4, 0.5) is 5.69 Å². The number of benzene rings is 3. The first-order valence-corrected chi connectivity index (χ1v) is 12.3. The molecule has 0 radical (unpaired) electrons. The summed E-state index contributed by atoms with van der Waals surface area (Å²) in [7, 11) is 1.56. The van der Waals surface area contributed by atoms with E-state index in [0.29, 0.717) is 44.5 Å². The summed E-state index contributed by atoms with van der Waals surface area (Å²) in [4.78, 5) is 19.8. The van der Waals surface area contributed by atoms with Crippen LogP contribution in [-0.2, 0) is 12.3 Å². The summed E-state index contributed by atoms with van der Waals surface area (Å²) >= 11 is 13.5. The Kier molecular flexibility index (Phi) is 7.98. The van der Waals surface area contributed by atoms with Crippen LogP contribution >= 0.6 is 35.0 Å². The maximum atomic E-state index is 12.6. The SMILES string of the molecule is COc1cccc(-c2nc(SCc3cccc(NCc4ccc(Cl)c(Cl)c4)c3)[nH]c(=O)c2C#N)c1. The van der Waals surface area contributed by atoms with E-state index in [-0.39, 0.29) is 5.56 Å². The number of hydrogen-bond donors (Lipinski definition) is 2. The lowest BCUT2D eigenvalue weighted by Crippen LogP contribution is -2.14. The predicted octanol–water partition coefficient (Wildman–Crippen LogP) is 6.53. The van der Waals surface area contributed by atoms with E-state index in [1.807, 2.05) is 42.5 Å². The molecular weight excluding hydrogens is 503 g/mol. The van der Waals surface area contributed by atoms with Gasteiger partial charge in [-0.1, -0.05) is 65.3 Å². The molecule has 2 N–H and O–H groups in total. The number of nitrogens with zero attached hydrogens (tertiary/aromatic N) is 2. The molecule has 0 saturated heterocycles. The smallest absolute Gasteiger partial charge is 0.270 e. The molecule has 6 nitrogen and oxygen atoms in total. The Bertz CT molecular complexity index is 1470. The zero-order valence-electron chi connectivity index (χ0n) is 18.6. The number of nitrogens with one attached hydrogen (secondary N) is 2. The molecule has 0 aliphatic heterocycles. The first kappa shape index (κ1) is 24.7. The number of H-pyrrole nitrogens is 1. The number of hydrogen-bond acceptors (Lipinski definition) is 6. The van der Waals surface area contributed by atoms with Crippen molar-refractivity contribution in [2.45, 2.75) is 17.5 Å². The summed E-state index contributed by atoms with van der Waals surface area (Å²) < 4.78 is 5.27. The minimum absolute atomic E-state index is 0.0314. The highest BCUT2D eigenvalue weighted by atomic mass is 35.5. The van der Waals surface area contributed by atoms with Crippen LogP contribution in [0.15, 0.2) is 76.7 Å². The van der Waals surface area contributed by atoms with E-state index in [4.69, 9.17) is 27.9 Å². The lowest BCUT2D eigenvalue weighted by molar-refractivity contribution is 0.415. The number of ether oxygens (including phenoxy) is 1. The van der Waals surface area contributed by atoms with Gasteiger partial charge in [0.05, 0.1) is 22.8 Å². The number of nitriles is 1. The van der Waals surface area contributed by atoms with E-state index in [0.717, 1.165) is 16.8 Å². The van der Waals surface area contributed by atoms with Crippen molar-refractivity contribution in [2.24, 2.45) is 0 Å². The molecule has 0 bridgehead atoms. The summed E-state index contributed by atoms with van der Waals surface area (Å²) in [5.41, 5.74) is 3.48. The Morgan fingerprint density at radius 2 is 1.89 bits per heavy atom. The fourth-order valence-corrected chi connectivity index (χ4v) is 4.50. The average Bonchev–Trinajstić information content (AvgIpc) is 2.88. The third-order valence-corrected chi connectivity index (χ3v) is 6.82. The number of halogens is 2. The fraction of sp³-hybridized carbons (Fsp3) is 0.115. The van der Waals surface area contributed by atoms with Crippen molar-refractivity contribution in [3.8, 4) is 23.1 Å². The molecule has 0 spiro atoms. The van der Waals surface area contributed by atoms with E-state index < -0.39 is 5.56 Å². The van der Waals surface area contributed by atoms with E-state index in [1.165, 1.54) is 11.8 Å². The molecule has 0 fully saturated rings. The van der Waals surface area contributed by atoms with Crippen LogP contribution in [0.25, 0.3) is 11.3 Å². The number of aromatic amines is 1. The van der Waals surface area contributed by atoms with Crippen molar-refractivity contribution in [3.63, 3.8) is 0 Å². The number of thioether (sulfide) groups is 1. The van der Waals surface area contributed by atoms with Crippen molar-refractivity contribution in [2.75, 3.05) is 12.4 Å². The van der Waals surface area contributed by atoms with Crippen molar-refractivity contribution in [1.29, 1.82) is 5.26 Å². The van der Waals surface area contributed by atoms with Gasteiger partial charge in [-0.05, 0) is 47.5 Å². The molecule has 3 aromatic carbocycles. The molecule has 0 unspecified atom stereocenters. The molecule has 1 aromatic heterocycles. The Morgan fingerprint density at radius 3 is 2.66 bits per heavy atom. The summed E-state index contributed by atoms with van der Waals surface area (Å²) in [6.07, 6.45) is 0. The third-order valence-electron chi connectivity index (χ3n) is 5.14. The van der Waals surface area contributed by atoms with Crippen LogP contribution < -0.4 is 15.6 Å². The van der Waals surface area contributed by atoms with Crippen LogP contribution in [0.2, 0.25) is 10.0 Å². The Balaban J connectivity index is 1.49. The lowest BCUT2D eigenvalue weighted by atomic mass is 10.1. The van der Waals surface area contributed by atoms with Gasteiger partial charge in [-0.3, -0.25) is 4.79 Å².